The van der Waals surface area contributed by atoms with Crippen molar-refractivity contribution < 1.29 is 12.8 Å². The third-order valence-corrected chi connectivity index (χ3v) is 7.52. The molecule has 0 unspecified atom stereocenters. The molecule has 0 aliphatic carbocycles. The van der Waals surface area contributed by atoms with Crippen LogP contribution in [-0.2, 0) is 23.5 Å². The summed E-state index contributed by atoms with van der Waals surface area (Å²) in [5.74, 6) is -0.372. The maximum atomic E-state index is 14.6. The highest BCUT2D eigenvalue weighted by molar-refractivity contribution is 7.89. The highest BCUT2D eigenvalue weighted by Crippen LogP contribution is 2.34. The van der Waals surface area contributed by atoms with Crippen molar-refractivity contribution in [1.29, 1.82) is 5.26 Å². The van der Waals surface area contributed by atoms with E-state index in [0.29, 0.717) is 37.2 Å². The van der Waals surface area contributed by atoms with Gasteiger partial charge in [-0.3, -0.25) is 4.68 Å². The van der Waals surface area contributed by atoms with Gasteiger partial charge in [0.25, 0.3) is 0 Å². The Hall–Kier alpha value is -2.84. The number of piperidine rings is 1. The molecule has 152 valence electrons. The topological polar surface area (TPSA) is 109 Å². The Balaban J connectivity index is 1.57. The van der Waals surface area contributed by atoms with Gasteiger partial charge in [0, 0.05) is 26.3 Å². The number of hydrogen-bond donors (Lipinski definition) is 0. The molecule has 0 radical (unpaired) electrons. The van der Waals surface area contributed by atoms with Gasteiger partial charge in [-0.2, -0.15) is 19.8 Å². The first kappa shape index (κ1) is 19.5. The number of nitrogens with zero attached hydrogens (tertiary/aromatic N) is 7. The van der Waals surface area contributed by atoms with Crippen LogP contribution < -0.4 is 0 Å². The molecule has 1 fully saturated rings. The second kappa shape index (κ2) is 7.20. The van der Waals surface area contributed by atoms with Crippen molar-refractivity contribution in [2.45, 2.75) is 37.0 Å². The molecule has 1 aliphatic rings. The Morgan fingerprint density at radius 3 is 2.72 bits per heavy atom. The SMILES string of the molecule is Cc1c(C2CCN(S(=O)(=O)c3cnn(C)c3CC#N)CC2)cn2ncnc2c1F. The standard InChI is InChI=1S/C18H20FN7O2S/c1-12-14(10-26-18(17(12)19)21-11-23-26)13-4-7-25(8-5-13)29(27,28)16-9-22-24(2)15(16)3-6-20/h9-11,13H,3-5,7-8H2,1-2H3. The van der Waals surface area contributed by atoms with Gasteiger partial charge < -0.3 is 0 Å². The summed E-state index contributed by atoms with van der Waals surface area (Å²) in [6, 6.07) is 1.99. The number of aryl methyl sites for hydroxylation is 1. The van der Waals surface area contributed by atoms with E-state index in [4.69, 9.17) is 5.26 Å². The lowest BCUT2D eigenvalue weighted by Crippen LogP contribution is -2.38. The quantitative estimate of drug-likeness (QED) is 0.637. The monoisotopic (exact) mass is 417 g/mol. The molecular formula is C18H20FN7O2S. The average Bonchev–Trinajstić information content (AvgIpc) is 3.32. The molecule has 4 rings (SSSR count). The van der Waals surface area contributed by atoms with Gasteiger partial charge in [0.2, 0.25) is 10.0 Å². The summed E-state index contributed by atoms with van der Waals surface area (Å²) in [5, 5.41) is 17.0. The lowest BCUT2D eigenvalue weighted by molar-refractivity contribution is 0.318. The van der Waals surface area contributed by atoms with Crippen LogP contribution in [0.1, 0.15) is 35.6 Å². The van der Waals surface area contributed by atoms with Gasteiger partial charge in [-0.05, 0) is 36.8 Å². The summed E-state index contributed by atoms with van der Waals surface area (Å²) in [4.78, 5) is 4.00. The van der Waals surface area contributed by atoms with Gasteiger partial charge in [0.15, 0.2) is 11.5 Å². The van der Waals surface area contributed by atoms with E-state index in [-0.39, 0.29) is 22.9 Å². The number of hydrogen-bond acceptors (Lipinski definition) is 6. The van der Waals surface area contributed by atoms with E-state index in [0.717, 1.165) is 5.56 Å². The minimum absolute atomic E-state index is 0.0250. The third-order valence-electron chi connectivity index (χ3n) is 5.57. The minimum atomic E-state index is -3.75. The maximum Gasteiger partial charge on any atom is 0.246 e. The highest BCUT2D eigenvalue weighted by atomic mass is 32.2. The molecule has 9 nitrogen and oxygen atoms in total. The van der Waals surface area contributed by atoms with E-state index >= 15 is 0 Å². The third kappa shape index (κ3) is 3.18. The smallest absolute Gasteiger partial charge is 0.246 e. The zero-order chi connectivity index (χ0) is 20.8. The molecule has 0 amide bonds. The normalized spacial score (nSPS) is 16.3. The van der Waals surface area contributed by atoms with Crippen LogP contribution in [0.3, 0.4) is 0 Å². The predicted octanol–water partition coefficient (Wildman–Crippen LogP) is 1.54. The van der Waals surface area contributed by atoms with Gasteiger partial charge in [-0.15, -0.1) is 0 Å². The summed E-state index contributed by atoms with van der Waals surface area (Å²) in [6.45, 7) is 2.33. The van der Waals surface area contributed by atoms with Gasteiger partial charge in [-0.25, -0.2) is 22.3 Å². The van der Waals surface area contributed by atoms with Crippen LogP contribution in [0.15, 0.2) is 23.6 Å². The molecule has 0 N–H and O–H groups in total. The first-order valence-electron chi connectivity index (χ1n) is 9.21. The van der Waals surface area contributed by atoms with Crippen LogP contribution in [0, 0.1) is 24.1 Å². The van der Waals surface area contributed by atoms with Crippen molar-refractivity contribution in [2.75, 3.05) is 13.1 Å². The second-order valence-corrected chi connectivity index (χ2v) is 9.05. The lowest BCUT2D eigenvalue weighted by atomic mass is 9.88. The number of sulfonamides is 1. The van der Waals surface area contributed by atoms with E-state index < -0.39 is 15.8 Å². The van der Waals surface area contributed by atoms with Crippen molar-refractivity contribution in [2.24, 2.45) is 7.05 Å². The molecule has 0 bridgehead atoms. The molecule has 0 aromatic carbocycles. The average molecular weight is 417 g/mol. The van der Waals surface area contributed by atoms with Gasteiger partial charge in [0.05, 0.1) is 24.4 Å². The molecule has 1 aliphatic heterocycles. The number of halogens is 1. The van der Waals surface area contributed by atoms with Crippen molar-refractivity contribution in [1.82, 2.24) is 28.7 Å². The Morgan fingerprint density at radius 2 is 2.03 bits per heavy atom. The van der Waals surface area contributed by atoms with Gasteiger partial charge in [0.1, 0.15) is 11.2 Å². The largest absolute Gasteiger partial charge is 0.270 e. The summed E-state index contributed by atoms with van der Waals surface area (Å²) in [5.41, 5.74) is 1.91. The molecule has 0 spiro atoms. The second-order valence-electron chi connectivity index (χ2n) is 7.14. The number of aromatic nitrogens is 5. The highest BCUT2D eigenvalue weighted by Gasteiger charge is 2.33. The van der Waals surface area contributed by atoms with Crippen LogP contribution >= 0.6 is 0 Å². The Kier molecular flexibility index (Phi) is 4.84. The van der Waals surface area contributed by atoms with E-state index in [1.165, 1.54) is 26.0 Å². The molecular weight excluding hydrogens is 397 g/mol. The molecule has 0 atom stereocenters. The molecule has 4 heterocycles. The molecule has 3 aromatic rings. The van der Waals surface area contributed by atoms with Crippen LogP contribution in [0.5, 0.6) is 0 Å². The Morgan fingerprint density at radius 1 is 1.31 bits per heavy atom. The van der Waals surface area contributed by atoms with Crippen LogP contribution in [-0.4, -0.2) is 50.2 Å². The molecule has 1 saturated heterocycles. The maximum absolute atomic E-state index is 14.6. The van der Waals surface area contributed by atoms with E-state index in [2.05, 4.69) is 15.2 Å². The summed E-state index contributed by atoms with van der Waals surface area (Å²) < 4.78 is 45.0. The fraction of sp³-hybridized carbons (Fsp3) is 0.444. The van der Waals surface area contributed by atoms with Crippen molar-refractivity contribution in [3.63, 3.8) is 0 Å². The van der Waals surface area contributed by atoms with Gasteiger partial charge >= 0.3 is 0 Å². The molecule has 3 aromatic heterocycles. The molecule has 29 heavy (non-hydrogen) atoms. The van der Waals surface area contributed by atoms with E-state index in [1.807, 2.05) is 6.07 Å². The summed E-state index contributed by atoms with van der Waals surface area (Å²) in [6.07, 6.45) is 5.48. The summed E-state index contributed by atoms with van der Waals surface area (Å²) >= 11 is 0. The van der Waals surface area contributed by atoms with Crippen LogP contribution in [0.25, 0.3) is 5.65 Å². The predicted molar refractivity (Wildman–Crippen MR) is 101 cm³/mol. The summed E-state index contributed by atoms with van der Waals surface area (Å²) in [7, 11) is -2.13. The van der Waals surface area contributed by atoms with Gasteiger partial charge in [-0.1, -0.05) is 0 Å². The van der Waals surface area contributed by atoms with Crippen LogP contribution in [0.2, 0.25) is 0 Å². The first-order chi connectivity index (χ1) is 13.8. The number of fused-ring (bicyclic) bond motifs is 1. The van der Waals surface area contributed by atoms with Crippen molar-refractivity contribution >= 4 is 15.7 Å². The van der Waals surface area contributed by atoms with Crippen molar-refractivity contribution in [3.8, 4) is 6.07 Å². The Bertz CT molecular complexity index is 1220. The zero-order valence-corrected chi connectivity index (χ0v) is 16.9. The number of nitriles is 1. The number of pyridine rings is 1. The Labute approximate surface area is 167 Å². The lowest BCUT2D eigenvalue weighted by Gasteiger charge is -2.32. The van der Waals surface area contributed by atoms with Crippen molar-refractivity contribution in [3.05, 3.63) is 41.4 Å². The minimum Gasteiger partial charge on any atom is -0.270 e. The fourth-order valence-corrected chi connectivity index (χ4v) is 5.57. The van der Waals surface area contributed by atoms with E-state index in [9.17, 15) is 12.8 Å². The zero-order valence-electron chi connectivity index (χ0n) is 16.1. The molecule has 11 heteroatoms. The van der Waals surface area contributed by atoms with Crippen LogP contribution in [0.4, 0.5) is 4.39 Å². The fourth-order valence-electron chi connectivity index (χ4n) is 3.92. The number of rotatable bonds is 4. The van der Waals surface area contributed by atoms with E-state index in [1.54, 1.807) is 20.2 Å². The molecule has 0 saturated carbocycles. The first-order valence-corrected chi connectivity index (χ1v) is 10.6.